The van der Waals surface area contributed by atoms with Crippen molar-refractivity contribution in [3.05, 3.63) is 76.8 Å². The Labute approximate surface area is 165 Å². The average molecular weight is 402 g/mol. The van der Waals surface area contributed by atoms with E-state index >= 15 is 0 Å². The van der Waals surface area contributed by atoms with E-state index in [1.807, 2.05) is 18.2 Å². The molecular formula is C20H17ClFN3O3. The summed E-state index contributed by atoms with van der Waals surface area (Å²) in [6.07, 6.45) is -1.09. The van der Waals surface area contributed by atoms with Crippen LogP contribution in [0.15, 0.2) is 54.6 Å². The number of para-hydroxylation sites is 1. The number of ether oxygens (including phenoxy) is 1. The van der Waals surface area contributed by atoms with E-state index in [1.165, 1.54) is 35.9 Å². The van der Waals surface area contributed by atoms with E-state index in [0.29, 0.717) is 17.1 Å². The number of hydrogen-bond acceptors (Lipinski definition) is 4. The highest BCUT2D eigenvalue weighted by atomic mass is 35.5. The molecule has 28 heavy (non-hydrogen) atoms. The minimum atomic E-state index is -1.09. The molecule has 1 heterocycles. The summed E-state index contributed by atoms with van der Waals surface area (Å²) in [5.41, 5.74) is 1.55. The van der Waals surface area contributed by atoms with Crippen molar-refractivity contribution in [3.63, 3.8) is 0 Å². The molecule has 3 rings (SSSR count). The number of benzene rings is 2. The van der Waals surface area contributed by atoms with Crippen LogP contribution in [-0.4, -0.2) is 27.8 Å². The Hall–Kier alpha value is -3.19. The topological polar surface area (TPSA) is 73.2 Å². The zero-order valence-electron chi connectivity index (χ0n) is 15.1. The first kappa shape index (κ1) is 19.6. The van der Waals surface area contributed by atoms with Crippen molar-refractivity contribution < 1.29 is 18.7 Å². The molecule has 0 saturated heterocycles. The van der Waals surface area contributed by atoms with E-state index in [-0.39, 0.29) is 10.7 Å². The van der Waals surface area contributed by atoms with Gasteiger partial charge in [-0.3, -0.25) is 4.79 Å². The summed E-state index contributed by atoms with van der Waals surface area (Å²) in [5.74, 6) is -1.73. The van der Waals surface area contributed by atoms with Crippen molar-refractivity contribution in [1.82, 2.24) is 9.78 Å². The monoisotopic (exact) mass is 401 g/mol. The molecular weight excluding hydrogens is 385 g/mol. The van der Waals surface area contributed by atoms with Gasteiger partial charge in [-0.05, 0) is 50.2 Å². The number of aromatic nitrogens is 2. The fourth-order valence-corrected chi connectivity index (χ4v) is 2.87. The molecule has 6 nitrogen and oxygen atoms in total. The molecule has 0 aliphatic heterocycles. The lowest BCUT2D eigenvalue weighted by Gasteiger charge is -2.13. The van der Waals surface area contributed by atoms with Crippen molar-refractivity contribution in [2.24, 2.45) is 0 Å². The first-order chi connectivity index (χ1) is 13.4. The molecule has 0 spiro atoms. The van der Waals surface area contributed by atoms with Gasteiger partial charge in [0.1, 0.15) is 16.5 Å². The third kappa shape index (κ3) is 4.20. The fourth-order valence-electron chi connectivity index (χ4n) is 2.52. The highest BCUT2D eigenvalue weighted by Crippen LogP contribution is 2.24. The van der Waals surface area contributed by atoms with E-state index in [2.05, 4.69) is 10.4 Å². The highest BCUT2D eigenvalue weighted by molar-refractivity contribution is 6.33. The van der Waals surface area contributed by atoms with Crippen molar-refractivity contribution in [2.45, 2.75) is 20.0 Å². The Balaban J connectivity index is 1.73. The SMILES string of the molecule is Cc1nn(-c2ccccc2)c(Cl)c1C(=O)O[C@H](C)C(=O)Nc1ccc(F)cc1. The van der Waals surface area contributed by atoms with Crippen LogP contribution in [-0.2, 0) is 9.53 Å². The number of aryl methyl sites for hydroxylation is 1. The summed E-state index contributed by atoms with van der Waals surface area (Å²) >= 11 is 6.33. The van der Waals surface area contributed by atoms with Crippen LogP contribution in [0.1, 0.15) is 23.0 Å². The maximum Gasteiger partial charge on any atom is 0.344 e. The van der Waals surface area contributed by atoms with Gasteiger partial charge in [-0.2, -0.15) is 5.10 Å². The van der Waals surface area contributed by atoms with E-state index in [0.717, 1.165) is 0 Å². The minimum absolute atomic E-state index is 0.0898. The second-order valence-corrected chi connectivity index (χ2v) is 6.40. The molecule has 2 aromatic carbocycles. The normalized spacial score (nSPS) is 11.7. The smallest absolute Gasteiger partial charge is 0.344 e. The van der Waals surface area contributed by atoms with Crippen LogP contribution in [0, 0.1) is 12.7 Å². The molecule has 1 amide bonds. The van der Waals surface area contributed by atoms with Crippen LogP contribution in [0.3, 0.4) is 0 Å². The van der Waals surface area contributed by atoms with Crippen molar-refractivity contribution in [1.29, 1.82) is 0 Å². The van der Waals surface area contributed by atoms with Crippen LogP contribution in [0.2, 0.25) is 5.15 Å². The first-order valence-electron chi connectivity index (χ1n) is 8.44. The number of hydrogen-bond donors (Lipinski definition) is 1. The van der Waals surface area contributed by atoms with E-state index < -0.39 is 23.8 Å². The quantitative estimate of drug-likeness (QED) is 0.651. The Bertz CT molecular complexity index is 1000. The Kier molecular flexibility index (Phi) is 5.75. The van der Waals surface area contributed by atoms with Gasteiger partial charge < -0.3 is 10.1 Å². The summed E-state index contributed by atoms with van der Waals surface area (Å²) in [6.45, 7) is 3.06. The zero-order valence-corrected chi connectivity index (χ0v) is 15.9. The van der Waals surface area contributed by atoms with Gasteiger partial charge >= 0.3 is 5.97 Å². The van der Waals surface area contributed by atoms with Crippen LogP contribution >= 0.6 is 11.6 Å². The molecule has 0 aliphatic rings. The standard InChI is InChI=1S/C20H17ClFN3O3/c1-12-17(18(21)25(24-12)16-6-4-3-5-7-16)20(27)28-13(2)19(26)23-15-10-8-14(22)9-11-15/h3-11,13H,1-2H3,(H,23,26)/t13-/m1/s1. The van der Waals surface area contributed by atoms with Crippen LogP contribution in [0.5, 0.6) is 0 Å². The largest absolute Gasteiger partial charge is 0.449 e. The minimum Gasteiger partial charge on any atom is -0.449 e. The van der Waals surface area contributed by atoms with Gasteiger partial charge in [-0.25, -0.2) is 13.9 Å². The van der Waals surface area contributed by atoms with Gasteiger partial charge in [-0.15, -0.1) is 0 Å². The number of esters is 1. The van der Waals surface area contributed by atoms with Gasteiger partial charge in [0.05, 0.1) is 11.4 Å². The number of anilines is 1. The molecule has 8 heteroatoms. The Morgan fingerprint density at radius 1 is 1.14 bits per heavy atom. The van der Waals surface area contributed by atoms with Crippen molar-refractivity contribution >= 4 is 29.2 Å². The average Bonchev–Trinajstić information content (AvgIpc) is 2.98. The number of halogens is 2. The molecule has 0 aliphatic carbocycles. The van der Waals surface area contributed by atoms with Gasteiger partial charge in [0.25, 0.3) is 5.91 Å². The van der Waals surface area contributed by atoms with Gasteiger partial charge in [0.2, 0.25) is 0 Å². The fraction of sp³-hybridized carbons (Fsp3) is 0.150. The van der Waals surface area contributed by atoms with Crippen LogP contribution in [0.25, 0.3) is 5.69 Å². The molecule has 3 aromatic rings. The van der Waals surface area contributed by atoms with Crippen molar-refractivity contribution in [3.8, 4) is 5.69 Å². The number of carbonyl (C=O) groups excluding carboxylic acids is 2. The lowest BCUT2D eigenvalue weighted by atomic mass is 10.2. The third-order valence-electron chi connectivity index (χ3n) is 3.97. The summed E-state index contributed by atoms with van der Waals surface area (Å²) in [5, 5.41) is 6.92. The Morgan fingerprint density at radius 3 is 2.43 bits per heavy atom. The maximum absolute atomic E-state index is 12.9. The summed E-state index contributed by atoms with van der Waals surface area (Å²) in [7, 11) is 0. The molecule has 0 saturated carbocycles. The summed E-state index contributed by atoms with van der Waals surface area (Å²) in [6, 6.07) is 14.3. The molecule has 0 fully saturated rings. The second kappa shape index (κ2) is 8.22. The lowest BCUT2D eigenvalue weighted by molar-refractivity contribution is -0.123. The highest BCUT2D eigenvalue weighted by Gasteiger charge is 2.26. The molecule has 0 radical (unpaired) electrons. The van der Waals surface area contributed by atoms with Gasteiger partial charge in [0, 0.05) is 5.69 Å². The second-order valence-electron chi connectivity index (χ2n) is 6.04. The van der Waals surface area contributed by atoms with E-state index in [1.54, 1.807) is 19.1 Å². The number of nitrogens with zero attached hydrogens (tertiary/aromatic N) is 2. The number of rotatable bonds is 5. The Morgan fingerprint density at radius 2 is 1.79 bits per heavy atom. The first-order valence-corrected chi connectivity index (χ1v) is 8.82. The molecule has 1 N–H and O–H groups in total. The maximum atomic E-state index is 12.9. The number of nitrogens with one attached hydrogen (secondary N) is 1. The summed E-state index contributed by atoms with van der Waals surface area (Å²) < 4.78 is 19.6. The summed E-state index contributed by atoms with van der Waals surface area (Å²) in [4.78, 5) is 24.8. The third-order valence-corrected chi connectivity index (χ3v) is 4.32. The van der Waals surface area contributed by atoms with E-state index in [4.69, 9.17) is 16.3 Å². The molecule has 144 valence electrons. The number of carbonyl (C=O) groups is 2. The van der Waals surface area contributed by atoms with Crippen LogP contribution < -0.4 is 5.32 Å². The predicted octanol–water partition coefficient (Wildman–Crippen LogP) is 4.16. The molecule has 0 bridgehead atoms. The van der Waals surface area contributed by atoms with Crippen molar-refractivity contribution in [2.75, 3.05) is 5.32 Å². The predicted molar refractivity (Wildman–Crippen MR) is 103 cm³/mol. The van der Waals surface area contributed by atoms with Gasteiger partial charge in [-0.1, -0.05) is 29.8 Å². The lowest BCUT2D eigenvalue weighted by Crippen LogP contribution is -2.30. The van der Waals surface area contributed by atoms with E-state index in [9.17, 15) is 14.0 Å². The molecule has 1 aromatic heterocycles. The zero-order chi connectivity index (χ0) is 20.3. The van der Waals surface area contributed by atoms with Crippen LogP contribution in [0.4, 0.5) is 10.1 Å². The molecule has 1 atom stereocenters. The number of amides is 1. The van der Waals surface area contributed by atoms with Gasteiger partial charge in [0.15, 0.2) is 6.10 Å². The molecule has 0 unspecified atom stereocenters.